The van der Waals surface area contributed by atoms with E-state index in [1.165, 1.54) is 45.4 Å². The maximum Gasteiger partial charge on any atom is 0.0127 e. The lowest BCUT2D eigenvalue weighted by Crippen LogP contribution is -2.50. The second-order valence-corrected chi connectivity index (χ2v) is 5.03. The van der Waals surface area contributed by atoms with Gasteiger partial charge < -0.3 is 5.32 Å². The Balaban J connectivity index is 1.65. The normalized spacial score (nSPS) is 45.7. The predicted octanol–water partition coefficient (Wildman–Crippen LogP) is 1.08. The first-order valence-electron chi connectivity index (χ1n) is 5.88. The predicted molar refractivity (Wildman–Crippen MR) is 53.7 cm³/mol. The van der Waals surface area contributed by atoms with E-state index < -0.39 is 0 Å². The van der Waals surface area contributed by atoms with Crippen molar-refractivity contribution >= 4 is 0 Å². The Kier molecular flexibility index (Phi) is 2.06. The van der Waals surface area contributed by atoms with Crippen LogP contribution in [0.15, 0.2) is 0 Å². The molecule has 0 aromatic rings. The average Bonchev–Trinajstić information content (AvgIpc) is 2.80. The highest BCUT2D eigenvalue weighted by Crippen LogP contribution is 2.46. The molecule has 2 saturated carbocycles. The lowest BCUT2D eigenvalue weighted by Gasteiger charge is -2.37. The van der Waals surface area contributed by atoms with E-state index in [4.69, 9.17) is 0 Å². The van der Waals surface area contributed by atoms with Crippen LogP contribution in [0, 0.1) is 11.8 Å². The molecule has 2 bridgehead atoms. The van der Waals surface area contributed by atoms with Crippen molar-refractivity contribution in [2.75, 3.05) is 26.2 Å². The van der Waals surface area contributed by atoms with Gasteiger partial charge in [-0.15, -0.1) is 0 Å². The summed E-state index contributed by atoms with van der Waals surface area (Å²) in [6.45, 7) is 5.03. The molecule has 13 heavy (non-hydrogen) atoms. The molecule has 2 aliphatic carbocycles. The Labute approximate surface area is 80.7 Å². The van der Waals surface area contributed by atoms with Crippen molar-refractivity contribution in [3.63, 3.8) is 0 Å². The average molecular weight is 180 g/mol. The van der Waals surface area contributed by atoms with E-state index in [-0.39, 0.29) is 0 Å². The molecule has 3 rings (SSSR count). The molecule has 0 unspecified atom stereocenters. The molecule has 1 heterocycles. The van der Waals surface area contributed by atoms with Gasteiger partial charge in [0.25, 0.3) is 0 Å². The molecular weight excluding hydrogens is 160 g/mol. The van der Waals surface area contributed by atoms with Gasteiger partial charge in [0.2, 0.25) is 0 Å². The van der Waals surface area contributed by atoms with Crippen LogP contribution in [0.3, 0.4) is 0 Å². The van der Waals surface area contributed by atoms with Crippen LogP contribution in [-0.4, -0.2) is 37.1 Å². The van der Waals surface area contributed by atoms with Gasteiger partial charge in [-0.25, -0.2) is 0 Å². The van der Waals surface area contributed by atoms with Crippen molar-refractivity contribution in [2.24, 2.45) is 11.8 Å². The summed E-state index contributed by atoms with van der Waals surface area (Å²) in [6.07, 6.45) is 6.13. The Bertz CT molecular complexity index is 187. The zero-order valence-electron chi connectivity index (χ0n) is 8.34. The summed E-state index contributed by atoms with van der Waals surface area (Å²) < 4.78 is 0. The van der Waals surface area contributed by atoms with Crippen molar-refractivity contribution < 1.29 is 0 Å². The van der Waals surface area contributed by atoms with Crippen molar-refractivity contribution in [3.8, 4) is 0 Å². The maximum atomic E-state index is 3.44. The van der Waals surface area contributed by atoms with E-state index in [9.17, 15) is 0 Å². The van der Waals surface area contributed by atoms with E-state index in [0.717, 1.165) is 17.9 Å². The third kappa shape index (κ3) is 1.40. The van der Waals surface area contributed by atoms with Crippen LogP contribution >= 0.6 is 0 Å². The third-order valence-electron chi connectivity index (χ3n) is 4.32. The highest BCUT2D eigenvalue weighted by atomic mass is 15.2. The number of hydrogen-bond acceptors (Lipinski definition) is 2. The van der Waals surface area contributed by atoms with Crippen LogP contribution in [0.25, 0.3) is 0 Å². The fourth-order valence-corrected chi connectivity index (χ4v) is 3.67. The topological polar surface area (TPSA) is 15.3 Å². The molecule has 3 aliphatic rings. The van der Waals surface area contributed by atoms with Crippen LogP contribution in [0.1, 0.15) is 25.7 Å². The Morgan fingerprint density at radius 2 is 1.85 bits per heavy atom. The van der Waals surface area contributed by atoms with E-state index in [1.807, 2.05) is 0 Å². The first-order chi connectivity index (χ1) is 6.43. The van der Waals surface area contributed by atoms with Gasteiger partial charge in [-0.2, -0.15) is 0 Å². The van der Waals surface area contributed by atoms with Crippen molar-refractivity contribution in [2.45, 2.75) is 31.7 Å². The summed E-state index contributed by atoms with van der Waals surface area (Å²) in [7, 11) is 0. The van der Waals surface area contributed by atoms with Crippen LogP contribution < -0.4 is 5.32 Å². The summed E-state index contributed by atoms with van der Waals surface area (Å²) in [4.78, 5) is 2.75. The zero-order valence-corrected chi connectivity index (χ0v) is 8.34. The van der Waals surface area contributed by atoms with Gasteiger partial charge in [-0.05, 0) is 31.1 Å². The Hall–Kier alpha value is -0.0800. The summed E-state index contributed by atoms with van der Waals surface area (Å²) in [5.74, 6) is 2.17. The Morgan fingerprint density at radius 1 is 1.00 bits per heavy atom. The molecule has 3 fully saturated rings. The van der Waals surface area contributed by atoms with Crippen LogP contribution in [0.4, 0.5) is 0 Å². The van der Waals surface area contributed by atoms with Gasteiger partial charge in [0.05, 0.1) is 0 Å². The second kappa shape index (κ2) is 3.25. The molecule has 0 spiro atoms. The van der Waals surface area contributed by atoms with Gasteiger partial charge in [-0.3, -0.25) is 4.90 Å². The van der Waals surface area contributed by atoms with E-state index in [0.29, 0.717) is 0 Å². The molecule has 0 amide bonds. The molecule has 1 N–H and O–H groups in total. The summed E-state index contributed by atoms with van der Waals surface area (Å²) >= 11 is 0. The van der Waals surface area contributed by atoms with Gasteiger partial charge >= 0.3 is 0 Å². The molecule has 74 valence electrons. The van der Waals surface area contributed by atoms with Crippen LogP contribution in [-0.2, 0) is 0 Å². The number of hydrogen-bond donors (Lipinski definition) is 1. The van der Waals surface area contributed by atoms with Gasteiger partial charge in [0.1, 0.15) is 0 Å². The van der Waals surface area contributed by atoms with E-state index in [2.05, 4.69) is 10.2 Å². The van der Waals surface area contributed by atoms with E-state index in [1.54, 1.807) is 6.42 Å². The van der Waals surface area contributed by atoms with Crippen LogP contribution in [0.2, 0.25) is 0 Å². The molecule has 2 heteroatoms. The van der Waals surface area contributed by atoms with Crippen molar-refractivity contribution in [3.05, 3.63) is 0 Å². The standard InChI is InChI=1S/C11H20N2/c1-2-10-7-9(1)8-11(10)13-5-3-12-4-6-13/h9-12H,1-8H2/t9-,10-,11+/m1/s1. The van der Waals surface area contributed by atoms with Gasteiger partial charge in [0.15, 0.2) is 0 Å². The monoisotopic (exact) mass is 180 g/mol. The minimum absolute atomic E-state index is 0.973. The molecule has 1 aliphatic heterocycles. The quantitative estimate of drug-likeness (QED) is 0.649. The van der Waals surface area contributed by atoms with E-state index >= 15 is 0 Å². The number of nitrogens with one attached hydrogen (secondary N) is 1. The Morgan fingerprint density at radius 3 is 2.46 bits per heavy atom. The minimum atomic E-state index is 0.973. The van der Waals surface area contributed by atoms with Crippen LogP contribution in [0.5, 0.6) is 0 Å². The number of nitrogens with zero attached hydrogens (tertiary/aromatic N) is 1. The zero-order chi connectivity index (χ0) is 8.67. The number of rotatable bonds is 1. The fourth-order valence-electron chi connectivity index (χ4n) is 3.67. The molecule has 0 aromatic heterocycles. The highest BCUT2D eigenvalue weighted by Gasteiger charge is 2.42. The lowest BCUT2D eigenvalue weighted by molar-refractivity contribution is 0.126. The van der Waals surface area contributed by atoms with Gasteiger partial charge in [0, 0.05) is 32.2 Å². The SMILES string of the molecule is C1CN([C@H]2C[C@@H]3CC[C@@H]2C3)CCN1. The minimum Gasteiger partial charge on any atom is -0.314 e. The van der Waals surface area contributed by atoms with Gasteiger partial charge in [-0.1, -0.05) is 6.42 Å². The molecule has 0 aromatic carbocycles. The molecule has 1 saturated heterocycles. The highest BCUT2D eigenvalue weighted by molar-refractivity contribution is 4.96. The molecule has 0 radical (unpaired) electrons. The van der Waals surface area contributed by atoms with Crippen molar-refractivity contribution in [1.82, 2.24) is 10.2 Å². The summed E-state index contributed by atoms with van der Waals surface area (Å²) in [6, 6.07) is 0.973. The second-order valence-electron chi connectivity index (χ2n) is 5.03. The first-order valence-corrected chi connectivity index (χ1v) is 5.88. The third-order valence-corrected chi connectivity index (χ3v) is 4.32. The number of piperazine rings is 1. The smallest absolute Gasteiger partial charge is 0.0127 e. The first kappa shape index (κ1) is 8.25. The maximum absolute atomic E-state index is 3.44. The fraction of sp³-hybridized carbons (Fsp3) is 1.00. The summed E-state index contributed by atoms with van der Waals surface area (Å²) in [5, 5.41) is 3.44. The summed E-state index contributed by atoms with van der Waals surface area (Å²) in [5.41, 5.74) is 0. The largest absolute Gasteiger partial charge is 0.314 e. The molecule has 3 atom stereocenters. The molecular formula is C11H20N2. The number of fused-ring (bicyclic) bond motifs is 2. The lowest BCUT2D eigenvalue weighted by atomic mass is 9.93. The van der Waals surface area contributed by atoms with Crippen molar-refractivity contribution in [1.29, 1.82) is 0 Å². The molecule has 2 nitrogen and oxygen atoms in total.